The van der Waals surface area contributed by atoms with E-state index in [1.165, 1.54) is 0 Å². The van der Waals surface area contributed by atoms with Crippen LogP contribution in [-0.4, -0.2) is 10.9 Å². The smallest absolute Gasteiger partial charge is 0.150 e. The van der Waals surface area contributed by atoms with Crippen LogP contribution in [0.5, 0.6) is 0 Å². The molecular weight excluding hydrogens is 238 g/mol. The molecule has 4 nitrogen and oxygen atoms in total. The number of hydrogen-bond donors (Lipinski definition) is 2. The normalized spacial score (nSPS) is 11.1. The minimum Gasteiger partial charge on any atom is -0.339 e. The molecule has 0 amide bonds. The second-order valence-corrected chi connectivity index (χ2v) is 4.49. The van der Waals surface area contributed by atoms with E-state index in [1.54, 1.807) is 6.07 Å². The van der Waals surface area contributed by atoms with Crippen molar-refractivity contribution in [1.29, 1.82) is 0 Å². The zero-order chi connectivity index (χ0) is 13.4. The molecule has 0 saturated heterocycles. The van der Waals surface area contributed by atoms with Gasteiger partial charge in [-0.1, -0.05) is 18.2 Å². The number of nitrogens with two attached hydrogens (primary N) is 1. The Morgan fingerprint density at radius 3 is 2.74 bits per heavy atom. The lowest BCUT2D eigenvalue weighted by molar-refractivity contribution is 0.112. The molecule has 0 aliphatic rings. The molecule has 19 heavy (non-hydrogen) atoms. The van der Waals surface area contributed by atoms with Gasteiger partial charge in [-0.25, -0.2) is 0 Å². The second-order valence-electron chi connectivity index (χ2n) is 4.49. The van der Waals surface area contributed by atoms with Crippen molar-refractivity contribution in [2.45, 2.75) is 13.5 Å². The van der Waals surface area contributed by atoms with Gasteiger partial charge in [0.15, 0.2) is 0 Å². The number of hydrazine groups is 1. The van der Waals surface area contributed by atoms with E-state index in [-0.39, 0.29) is 0 Å². The number of aryl methyl sites for hydroxylation is 1. The van der Waals surface area contributed by atoms with Crippen molar-refractivity contribution in [3.05, 3.63) is 42.0 Å². The number of nitrogens with one attached hydrogen (secondary N) is 1. The third kappa shape index (κ3) is 1.61. The van der Waals surface area contributed by atoms with Crippen molar-refractivity contribution in [1.82, 2.24) is 4.57 Å². The highest BCUT2D eigenvalue weighted by molar-refractivity contribution is 6.13. The average molecular weight is 253 g/mol. The molecule has 3 N–H and O–H groups in total. The van der Waals surface area contributed by atoms with Crippen LogP contribution >= 0.6 is 0 Å². The first-order valence-electron chi connectivity index (χ1n) is 6.27. The zero-order valence-electron chi connectivity index (χ0n) is 10.7. The van der Waals surface area contributed by atoms with Gasteiger partial charge < -0.3 is 9.99 Å². The predicted octanol–water partition coefficient (Wildman–Crippen LogP) is 2.91. The number of carbonyl (C=O) groups excluding carboxylic acids is 1. The molecule has 0 radical (unpaired) electrons. The summed E-state index contributed by atoms with van der Waals surface area (Å²) in [5.74, 6) is 5.61. The number of nitrogen functional groups attached to an aromatic ring is 1. The number of para-hydroxylation sites is 1. The number of fused-ring (bicyclic) bond motifs is 3. The van der Waals surface area contributed by atoms with Crippen molar-refractivity contribution < 1.29 is 4.79 Å². The molecule has 4 heteroatoms. The molecule has 0 spiro atoms. The van der Waals surface area contributed by atoms with Gasteiger partial charge in [-0.15, -0.1) is 0 Å². The number of benzene rings is 2. The summed E-state index contributed by atoms with van der Waals surface area (Å²) >= 11 is 0. The van der Waals surface area contributed by atoms with Crippen LogP contribution in [0, 0.1) is 0 Å². The lowest BCUT2D eigenvalue weighted by Gasteiger charge is -2.08. The van der Waals surface area contributed by atoms with Gasteiger partial charge in [0.2, 0.25) is 0 Å². The number of carbonyl (C=O) groups is 1. The van der Waals surface area contributed by atoms with Crippen molar-refractivity contribution in [2.24, 2.45) is 5.84 Å². The maximum atomic E-state index is 11.1. The lowest BCUT2D eigenvalue weighted by Crippen LogP contribution is -2.09. The van der Waals surface area contributed by atoms with Crippen LogP contribution in [0.2, 0.25) is 0 Å². The molecular formula is C15H15N3O. The highest BCUT2D eigenvalue weighted by Gasteiger charge is 2.13. The van der Waals surface area contributed by atoms with Crippen LogP contribution in [0.4, 0.5) is 5.69 Å². The molecule has 0 unspecified atom stereocenters. The highest BCUT2D eigenvalue weighted by Crippen LogP contribution is 2.34. The van der Waals surface area contributed by atoms with Crippen LogP contribution in [0.1, 0.15) is 17.3 Å². The summed E-state index contributed by atoms with van der Waals surface area (Å²) in [4.78, 5) is 11.1. The zero-order valence-corrected chi connectivity index (χ0v) is 10.7. The molecule has 1 heterocycles. The van der Waals surface area contributed by atoms with E-state index >= 15 is 0 Å². The van der Waals surface area contributed by atoms with Crippen molar-refractivity contribution in [3.8, 4) is 0 Å². The first kappa shape index (κ1) is 11.7. The summed E-state index contributed by atoms with van der Waals surface area (Å²) in [6.07, 6.45) is 0.846. The molecule has 0 fully saturated rings. The minimum absolute atomic E-state index is 0.624. The summed E-state index contributed by atoms with van der Waals surface area (Å²) in [5, 5.41) is 2.19. The molecule has 96 valence electrons. The van der Waals surface area contributed by atoms with E-state index in [9.17, 15) is 4.79 Å². The van der Waals surface area contributed by atoms with Gasteiger partial charge in [0.1, 0.15) is 6.29 Å². The second kappa shape index (κ2) is 4.40. The van der Waals surface area contributed by atoms with Crippen LogP contribution in [0.25, 0.3) is 21.8 Å². The van der Waals surface area contributed by atoms with Crippen molar-refractivity contribution >= 4 is 33.8 Å². The number of rotatable bonds is 3. The maximum Gasteiger partial charge on any atom is 0.150 e. The Morgan fingerprint density at radius 2 is 2.05 bits per heavy atom. The van der Waals surface area contributed by atoms with Gasteiger partial charge in [-0.05, 0) is 25.1 Å². The van der Waals surface area contributed by atoms with Gasteiger partial charge in [0.25, 0.3) is 0 Å². The molecule has 0 atom stereocenters. The minimum atomic E-state index is 0.624. The average Bonchev–Trinajstić information content (AvgIpc) is 2.80. The number of nitrogens with zero attached hydrogens (tertiary/aromatic N) is 1. The van der Waals surface area contributed by atoms with Crippen LogP contribution in [0.3, 0.4) is 0 Å². The van der Waals surface area contributed by atoms with E-state index in [0.717, 1.165) is 40.3 Å². The summed E-state index contributed by atoms with van der Waals surface area (Å²) in [6.45, 7) is 2.94. The molecule has 0 aliphatic heterocycles. The number of aldehydes is 1. The Kier molecular flexibility index (Phi) is 2.72. The Morgan fingerprint density at radius 1 is 1.26 bits per heavy atom. The topological polar surface area (TPSA) is 60.0 Å². The predicted molar refractivity (Wildman–Crippen MR) is 78.3 cm³/mol. The van der Waals surface area contributed by atoms with Crippen molar-refractivity contribution in [2.75, 3.05) is 5.43 Å². The summed E-state index contributed by atoms with van der Waals surface area (Å²) in [5.41, 5.74) is 6.29. The molecule has 0 saturated carbocycles. The van der Waals surface area contributed by atoms with Crippen LogP contribution in [0.15, 0.2) is 36.4 Å². The molecule has 3 rings (SSSR count). The Hall–Kier alpha value is -2.33. The maximum absolute atomic E-state index is 11.1. The molecule has 0 bridgehead atoms. The van der Waals surface area contributed by atoms with Crippen molar-refractivity contribution in [3.63, 3.8) is 0 Å². The van der Waals surface area contributed by atoms with Gasteiger partial charge in [0.05, 0.1) is 11.2 Å². The number of aromatic nitrogens is 1. The Bertz CT molecular complexity index is 774. The summed E-state index contributed by atoms with van der Waals surface area (Å²) < 4.78 is 2.20. The third-order valence-corrected chi connectivity index (χ3v) is 3.49. The fourth-order valence-corrected chi connectivity index (χ4v) is 2.72. The fourth-order valence-electron chi connectivity index (χ4n) is 2.72. The third-order valence-electron chi connectivity index (χ3n) is 3.49. The first-order chi connectivity index (χ1) is 9.30. The summed E-state index contributed by atoms with van der Waals surface area (Å²) in [6, 6.07) is 11.9. The van der Waals surface area contributed by atoms with E-state index in [1.807, 2.05) is 18.2 Å². The quantitative estimate of drug-likeness (QED) is 0.428. The van der Waals surface area contributed by atoms with E-state index < -0.39 is 0 Å². The number of hydrogen-bond acceptors (Lipinski definition) is 3. The van der Waals surface area contributed by atoms with Gasteiger partial charge in [-0.3, -0.25) is 10.6 Å². The van der Waals surface area contributed by atoms with E-state index in [0.29, 0.717) is 5.56 Å². The molecule has 1 aromatic heterocycles. The van der Waals surface area contributed by atoms with E-state index in [4.69, 9.17) is 5.84 Å². The molecule has 3 aromatic rings. The first-order valence-corrected chi connectivity index (χ1v) is 6.27. The monoisotopic (exact) mass is 253 g/mol. The standard InChI is InChI=1S/C15H15N3O/c1-2-18-14-6-4-3-5-11(14)12-7-10(9-19)8-13(17-16)15(12)18/h3-9,17H,2,16H2,1H3. The van der Waals surface area contributed by atoms with Gasteiger partial charge in [-0.2, -0.15) is 0 Å². The van der Waals surface area contributed by atoms with E-state index in [2.05, 4.69) is 29.0 Å². The van der Waals surface area contributed by atoms with Crippen LogP contribution in [-0.2, 0) is 6.54 Å². The van der Waals surface area contributed by atoms with Crippen LogP contribution < -0.4 is 11.3 Å². The number of anilines is 1. The Labute approximate surface area is 110 Å². The SMILES string of the molecule is CCn1c2ccccc2c2cc(C=O)cc(NN)c21. The lowest BCUT2D eigenvalue weighted by atomic mass is 10.1. The Balaban J connectivity index is 2.57. The highest BCUT2D eigenvalue weighted by atomic mass is 16.1. The van der Waals surface area contributed by atoms with Gasteiger partial charge >= 0.3 is 0 Å². The molecule has 2 aromatic carbocycles. The summed E-state index contributed by atoms with van der Waals surface area (Å²) in [7, 11) is 0. The molecule has 0 aliphatic carbocycles. The van der Waals surface area contributed by atoms with Gasteiger partial charge in [0, 0.05) is 28.4 Å². The fraction of sp³-hybridized carbons (Fsp3) is 0.133. The largest absolute Gasteiger partial charge is 0.339 e.